The fourth-order valence-electron chi connectivity index (χ4n) is 3.59. The van der Waals surface area contributed by atoms with Crippen LogP contribution in [0.5, 0.6) is 0 Å². The van der Waals surface area contributed by atoms with Gasteiger partial charge >= 0.3 is 0 Å². The van der Waals surface area contributed by atoms with Crippen LogP contribution in [0.15, 0.2) is 0 Å². The molecule has 0 aromatic rings. The molecule has 0 amide bonds. The zero-order chi connectivity index (χ0) is 11.9. The van der Waals surface area contributed by atoms with Crippen molar-refractivity contribution >= 4 is 0 Å². The van der Waals surface area contributed by atoms with Gasteiger partial charge in [0.2, 0.25) is 0 Å². The van der Waals surface area contributed by atoms with Crippen molar-refractivity contribution in [1.82, 2.24) is 10.2 Å². The molecule has 0 radical (unpaired) electrons. The minimum atomic E-state index is 0.628. The van der Waals surface area contributed by atoms with Crippen molar-refractivity contribution < 1.29 is 4.74 Å². The van der Waals surface area contributed by atoms with E-state index in [4.69, 9.17) is 4.74 Å². The molecule has 98 valence electrons. The van der Waals surface area contributed by atoms with Crippen LogP contribution in [-0.2, 0) is 4.74 Å². The van der Waals surface area contributed by atoms with Gasteiger partial charge in [-0.05, 0) is 51.5 Å². The van der Waals surface area contributed by atoms with Crippen molar-refractivity contribution in [2.75, 3.05) is 26.3 Å². The molecule has 0 bridgehead atoms. The summed E-state index contributed by atoms with van der Waals surface area (Å²) < 4.78 is 5.48. The minimum absolute atomic E-state index is 0.628. The Bertz CT molecular complexity index is 273. The molecule has 2 atom stereocenters. The lowest BCUT2D eigenvalue weighted by atomic mass is 9.96. The van der Waals surface area contributed by atoms with Crippen LogP contribution in [0, 0.1) is 5.41 Å². The van der Waals surface area contributed by atoms with E-state index < -0.39 is 0 Å². The monoisotopic (exact) mass is 238 g/mol. The van der Waals surface area contributed by atoms with Gasteiger partial charge in [-0.15, -0.1) is 0 Å². The molecule has 1 spiro atoms. The normalized spacial score (nSPS) is 36.9. The Hall–Kier alpha value is -0.120. The number of nitrogens with zero attached hydrogens (tertiary/aromatic N) is 1. The van der Waals surface area contributed by atoms with Gasteiger partial charge in [0.25, 0.3) is 0 Å². The van der Waals surface area contributed by atoms with Gasteiger partial charge in [-0.3, -0.25) is 4.90 Å². The van der Waals surface area contributed by atoms with Gasteiger partial charge in [-0.25, -0.2) is 0 Å². The van der Waals surface area contributed by atoms with Crippen molar-refractivity contribution in [1.29, 1.82) is 0 Å². The molecule has 1 unspecified atom stereocenters. The predicted molar refractivity (Wildman–Crippen MR) is 69.1 cm³/mol. The molecule has 0 aromatic carbocycles. The van der Waals surface area contributed by atoms with Crippen molar-refractivity contribution in [2.24, 2.45) is 5.41 Å². The Labute approximate surface area is 105 Å². The van der Waals surface area contributed by atoms with Gasteiger partial charge in [0.15, 0.2) is 0 Å². The van der Waals surface area contributed by atoms with Crippen LogP contribution >= 0.6 is 0 Å². The summed E-state index contributed by atoms with van der Waals surface area (Å²) in [5.74, 6) is 0. The van der Waals surface area contributed by atoms with E-state index in [0.717, 1.165) is 25.3 Å². The third kappa shape index (κ3) is 2.38. The molecule has 17 heavy (non-hydrogen) atoms. The van der Waals surface area contributed by atoms with E-state index in [9.17, 15) is 0 Å². The summed E-state index contributed by atoms with van der Waals surface area (Å²) >= 11 is 0. The second kappa shape index (κ2) is 4.52. The Morgan fingerprint density at radius 3 is 2.71 bits per heavy atom. The summed E-state index contributed by atoms with van der Waals surface area (Å²) in [6, 6.07) is 2.24. The van der Waals surface area contributed by atoms with E-state index >= 15 is 0 Å². The van der Waals surface area contributed by atoms with Crippen molar-refractivity contribution in [3.05, 3.63) is 0 Å². The van der Waals surface area contributed by atoms with E-state index in [2.05, 4.69) is 24.1 Å². The first-order valence-corrected chi connectivity index (χ1v) is 7.27. The molecule has 1 N–H and O–H groups in total. The van der Waals surface area contributed by atoms with Gasteiger partial charge < -0.3 is 10.1 Å². The summed E-state index contributed by atoms with van der Waals surface area (Å²) in [5, 5.41) is 3.90. The fraction of sp³-hybridized carbons (Fsp3) is 1.00. The summed E-state index contributed by atoms with van der Waals surface area (Å²) in [6.07, 6.45) is 5.30. The minimum Gasteiger partial charge on any atom is -0.381 e. The maximum Gasteiger partial charge on any atom is 0.0471 e. The van der Waals surface area contributed by atoms with E-state index in [1.807, 2.05) is 0 Å². The zero-order valence-electron chi connectivity index (χ0n) is 11.2. The Morgan fingerprint density at radius 1 is 1.29 bits per heavy atom. The van der Waals surface area contributed by atoms with Gasteiger partial charge in [-0.1, -0.05) is 0 Å². The average Bonchev–Trinajstić information content (AvgIpc) is 2.78. The van der Waals surface area contributed by atoms with Crippen molar-refractivity contribution in [3.8, 4) is 0 Å². The highest BCUT2D eigenvalue weighted by Gasteiger charge is 2.54. The molecule has 2 heterocycles. The van der Waals surface area contributed by atoms with Crippen LogP contribution in [0.1, 0.15) is 39.5 Å². The molecular weight excluding hydrogens is 212 g/mol. The lowest BCUT2D eigenvalue weighted by Crippen LogP contribution is -2.38. The highest BCUT2D eigenvalue weighted by atomic mass is 16.5. The fourth-order valence-corrected chi connectivity index (χ4v) is 3.59. The molecule has 2 aliphatic heterocycles. The highest BCUT2D eigenvalue weighted by molar-refractivity contribution is 5.09. The van der Waals surface area contributed by atoms with Gasteiger partial charge in [0.1, 0.15) is 0 Å². The Kier molecular flexibility index (Phi) is 3.18. The second-order valence-electron chi connectivity index (χ2n) is 6.47. The maximum atomic E-state index is 5.48. The topological polar surface area (TPSA) is 24.5 Å². The average molecular weight is 238 g/mol. The lowest BCUT2D eigenvalue weighted by molar-refractivity contribution is 0.0538. The lowest BCUT2D eigenvalue weighted by Gasteiger charge is -2.25. The third-order valence-corrected chi connectivity index (χ3v) is 5.07. The molecule has 0 aromatic heterocycles. The maximum absolute atomic E-state index is 5.48. The number of hydrogen-bond donors (Lipinski definition) is 1. The van der Waals surface area contributed by atoms with Crippen molar-refractivity contribution in [2.45, 2.75) is 57.7 Å². The number of ether oxygens (including phenoxy) is 1. The van der Waals surface area contributed by atoms with Crippen LogP contribution in [0.2, 0.25) is 0 Å². The molecule has 3 heteroatoms. The standard InChI is InChI=1S/C14H26N2O/c1-11(2)16-6-3-12(10-16)15-13-9-14(13)4-7-17-8-5-14/h11-13,15H,3-10H2,1-2H3/t12-,13?/m1/s1. The Balaban J connectivity index is 1.47. The second-order valence-corrected chi connectivity index (χ2v) is 6.47. The predicted octanol–water partition coefficient (Wildman–Crippen LogP) is 1.63. The van der Waals surface area contributed by atoms with E-state index in [-0.39, 0.29) is 0 Å². The number of rotatable bonds is 3. The SMILES string of the molecule is CC(C)N1CC[C@@H](NC2CC23CCOCC3)C1. The molecule has 2 saturated heterocycles. The summed E-state index contributed by atoms with van der Waals surface area (Å²) in [6.45, 7) is 9.11. The quantitative estimate of drug-likeness (QED) is 0.809. The van der Waals surface area contributed by atoms with E-state index in [0.29, 0.717) is 11.5 Å². The van der Waals surface area contributed by atoms with Crippen LogP contribution in [0.3, 0.4) is 0 Å². The number of hydrogen-bond acceptors (Lipinski definition) is 3. The molecule has 3 rings (SSSR count). The largest absolute Gasteiger partial charge is 0.381 e. The molecule has 3 fully saturated rings. The van der Waals surface area contributed by atoms with Crippen LogP contribution in [0.4, 0.5) is 0 Å². The molecule has 1 aliphatic carbocycles. The van der Waals surface area contributed by atoms with Gasteiger partial charge in [-0.2, -0.15) is 0 Å². The first kappa shape index (κ1) is 11.9. The molecule has 1 saturated carbocycles. The zero-order valence-corrected chi connectivity index (χ0v) is 11.2. The number of nitrogens with one attached hydrogen (secondary N) is 1. The van der Waals surface area contributed by atoms with Gasteiger partial charge in [0.05, 0.1) is 0 Å². The molecule has 3 aliphatic rings. The highest BCUT2D eigenvalue weighted by Crippen LogP contribution is 2.53. The first-order chi connectivity index (χ1) is 8.20. The van der Waals surface area contributed by atoms with Gasteiger partial charge in [0, 0.05) is 37.9 Å². The van der Waals surface area contributed by atoms with Crippen molar-refractivity contribution in [3.63, 3.8) is 0 Å². The molecule has 3 nitrogen and oxygen atoms in total. The van der Waals surface area contributed by atoms with Crippen LogP contribution in [-0.4, -0.2) is 49.3 Å². The van der Waals surface area contributed by atoms with E-state index in [1.165, 1.54) is 38.8 Å². The van der Waals surface area contributed by atoms with Crippen LogP contribution in [0.25, 0.3) is 0 Å². The smallest absolute Gasteiger partial charge is 0.0471 e. The summed E-state index contributed by atoms with van der Waals surface area (Å²) in [5.41, 5.74) is 0.628. The summed E-state index contributed by atoms with van der Waals surface area (Å²) in [4.78, 5) is 2.59. The summed E-state index contributed by atoms with van der Waals surface area (Å²) in [7, 11) is 0. The number of likely N-dealkylation sites (tertiary alicyclic amines) is 1. The van der Waals surface area contributed by atoms with Crippen LogP contribution < -0.4 is 5.32 Å². The Morgan fingerprint density at radius 2 is 2.06 bits per heavy atom. The first-order valence-electron chi connectivity index (χ1n) is 7.27. The third-order valence-electron chi connectivity index (χ3n) is 5.07. The molecular formula is C14H26N2O. The van der Waals surface area contributed by atoms with E-state index in [1.54, 1.807) is 0 Å².